The highest BCUT2D eigenvalue weighted by Crippen LogP contribution is 2.22. The molecular formula is C17H27N2O2+. The minimum Gasteiger partial charge on any atom is -0.414 e. The Labute approximate surface area is 127 Å². The van der Waals surface area contributed by atoms with Crippen molar-refractivity contribution in [3.05, 3.63) is 35.9 Å². The zero-order valence-electron chi connectivity index (χ0n) is 13.4. The molecular weight excluding hydrogens is 264 g/mol. The van der Waals surface area contributed by atoms with E-state index in [9.17, 15) is 4.79 Å². The van der Waals surface area contributed by atoms with Crippen molar-refractivity contribution in [2.45, 2.75) is 39.3 Å². The van der Waals surface area contributed by atoms with E-state index in [1.165, 1.54) is 5.56 Å². The van der Waals surface area contributed by atoms with Crippen LogP contribution in [0.2, 0.25) is 0 Å². The first kappa shape index (κ1) is 16.0. The molecule has 21 heavy (non-hydrogen) atoms. The smallest absolute Gasteiger partial charge is 0.414 e. The fraction of sp³-hybridized carbons (Fsp3) is 0.588. The Morgan fingerprint density at radius 2 is 1.90 bits per heavy atom. The van der Waals surface area contributed by atoms with E-state index in [-0.39, 0.29) is 6.09 Å². The van der Waals surface area contributed by atoms with E-state index in [2.05, 4.69) is 17.4 Å². The van der Waals surface area contributed by atoms with Gasteiger partial charge >= 0.3 is 6.09 Å². The minimum atomic E-state index is -0.446. The predicted octanol–water partition coefficient (Wildman–Crippen LogP) is 2.93. The van der Waals surface area contributed by atoms with Crippen LogP contribution in [0, 0.1) is 0 Å². The predicted molar refractivity (Wildman–Crippen MR) is 83.9 cm³/mol. The van der Waals surface area contributed by atoms with E-state index in [0.29, 0.717) is 11.0 Å². The van der Waals surface area contributed by atoms with Gasteiger partial charge in [0, 0.05) is 25.1 Å². The summed E-state index contributed by atoms with van der Waals surface area (Å²) in [6, 6.07) is 10.2. The van der Waals surface area contributed by atoms with E-state index in [1.54, 1.807) is 0 Å². The Morgan fingerprint density at radius 1 is 1.19 bits per heavy atom. The van der Waals surface area contributed by atoms with Gasteiger partial charge in [-0.05, 0) is 20.8 Å². The van der Waals surface area contributed by atoms with Gasteiger partial charge in [-0.3, -0.25) is 0 Å². The van der Waals surface area contributed by atoms with Crippen molar-refractivity contribution in [1.82, 2.24) is 5.32 Å². The number of benzene rings is 1. The van der Waals surface area contributed by atoms with Gasteiger partial charge in [-0.1, -0.05) is 30.3 Å². The molecule has 1 unspecified atom stereocenters. The number of quaternary nitrogens is 1. The lowest BCUT2D eigenvalue weighted by Gasteiger charge is -2.35. The van der Waals surface area contributed by atoms with Gasteiger partial charge in [0.05, 0.1) is 6.54 Å². The molecule has 1 aromatic carbocycles. The van der Waals surface area contributed by atoms with E-state index >= 15 is 0 Å². The number of nitrogens with zero attached hydrogens (tertiary/aromatic N) is 1. The van der Waals surface area contributed by atoms with E-state index in [1.807, 2.05) is 39.0 Å². The molecule has 1 aliphatic heterocycles. The van der Waals surface area contributed by atoms with Crippen molar-refractivity contribution in [1.29, 1.82) is 0 Å². The lowest BCUT2D eigenvalue weighted by atomic mass is 10.1. The van der Waals surface area contributed by atoms with Gasteiger partial charge in [-0.15, -0.1) is 0 Å². The Balaban J connectivity index is 2.23. The molecule has 1 amide bonds. The Bertz CT molecular complexity index is 457. The second-order valence-corrected chi connectivity index (χ2v) is 6.82. The lowest BCUT2D eigenvalue weighted by molar-refractivity contribution is -0.869. The van der Waals surface area contributed by atoms with Crippen molar-refractivity contribution in [2.24, 2.45) is 0 Å². The monoisotopic (exact) mass is 291 g/mol. The van der Waals surface area contributed by atoms with Gasteiger partial charge in [0.1, 0.15) is 18.7 Å². The van der Waals surface area contributed by atoms with Crippen LogP contribution in [0.25, 0.3) is 0 Å². The van der Waals surface area contributed by atoms with Crippen LogP contribution in [0.1, 0.15) is 32.8 Å². The quantitative estimate of drug-likeness (QED) is 0.851. The van der Waals surface area contributed by atoms with Gasteiger partial charge in [0.2, 0.25) is 0 Å². The minimum absolute atomic E-state index is 0.102. The van der Waals surface area contributed by atoms with Crippen LogP contribution in [0.15, 0.2) is 30.3 Å². The maximum absolute atomic E-state index is 12.8. The first-order valence-electron chi connectivity index (χ1n) is 7.76. The summed E-state index contributed by atoms with van der Waals surface area (Å²) in [7, 11) is 0. The Hall–Kier alpha value is -1.39. The molecule has 1 fully saturated rings. The van der Waals surface area contributed by atoms with Crippen LogP contribution in [0.5, 0.6) is 0 Å². The number of carbonyl (C=O) groups is 1. The van der Waals surface area contributed by atoms with Crippen LogP contribution in [-0.2, 0) is 11.3 Å². The van der Waals surface area contributed by atoms with Crippen LogP contribution in [-0.4, -0.2) is 42.4 Å². The molecule has 0 bridgehead atoms. The second-order valence-electron chi connectivity index (χ2n) is 6.82. The molecule has 0 saturated carbocycles. The fourth-order valence-electron chi connectivity index (χ4n) is 2.73. The third-order valence-electron chi connectivity index (χ3n) is 3.77. The number of carbonyl (C=O) groups excluding carboxylic acids is 1. The summed E-state index contributed by atoms with van der Waals surface area (Å²) in [5.74, 6) is 0. The maximum Gasteiger partial charge on any atom is 0.516 e. The Morgan fingerprint density at radius 3 is 2.57 bits per heavy atom. The fourth-order valence-corrected chi connectivity index (χ4v) is 2.73. The molecule has 4 nitrogen and oxygen atoms in total. The molecule has 2 rings (SSSR count). The van der Waals surface area contributed by atoms with Gasteiger partial charge in [0.25, 0.3) is 0 Å². The summed E-state index contributed by atoms with van der Waals surface area (Å²) in [5, 5.41) is 3.38. The number of rotatable bonds is 2. The summed E-state index contributed by atoms with van der Waals surface area (Å²) in [6.07, 6.45) is 0.890. The van der Waals surface area contributed by atoms with Gasteiger partial charge in [-0.25, -0.2) is 4.48 Å². The highest BCUT2D eigenvalue weighted by Gasteiger charge is 2.41. The number of amides is 1. The largest absolute Gasteiger partial charge is 0.516 e. The normalized spacial score (nSPS) is 23.4. The average molecular weight is 291 g/mol. The van der Waals surface area contributed by atoms with Crippen LogP contribution in [0.3, 0.4) is 0 Å². The molecule has 116 valence electrons. The first-order chi connectivity index (χ1) is 9.91. The van der Waals surface area contributed by atoms with Crippen LogP contribution >= 0.6 is 0 Å². The van der Waals surface area contributed by atoms with Gasteiger partial charge in [-0.2, -0.15) is 4.79 Å². The number of ether oxygens (including phenoxy) is 1. The van der Waals surface area contributed by atoms with Gasteiger partial charge < -0.3 is 10.1 Å². The van der Waals surface area contributed by atoms with E-state index in [0.717, 1.165) is 32.6 Å². The van der Waals surface area contributed by atoms with E-state index < -0.39 is 5.60 Å². The SMILES string of the molecule is CC(C)(C)OC(=O)[N+]1(Cc2ccccc2)CCCNCC1. The molecule has 1 N–H and O–H groups in total. The molecule has 4 heteroatoms. The number of hydrogen-bond acceptors (Lipinski definition) is 3. The van der Waals surface area contributed by atoms with Gasteiger partial charge in [0.15, 0.2) is 0 Å². The van der Waals surface area contributed by atoms with Crippen molar-refractivity contribution < 1.29 is 14.0 Å². The first-order valence-corrected chi connectivity index (χ1v) is 7.76. The van der Waals surface area contributed by atoms with E-state index in [4.69, 9.17) is 4.74 Å². The molecule has 1 saturated heterocycles. The van der Waals surface area contributed by atoms with Crippen molar-refractivity contribution in [2.75, 3.05) is 26.2 Å². The molecule has 1 atom stereocenters. The summed E-state index contributed by atoms with van der Waals surface area (Å²) >= 11 is 0. The third kappa shape index (κ3) is 4.55. The van der Waals surface area contributed by atoms with Crippen molar-refractivity contribution in [3.63, 3.8) is 0 Å². The second kappa shape index (κ2) is 6.58. The highest BCUT2D eigenvalue weighted by molar-refractivity contribution is 5.60. The summed E-state index contributed by atoms with van der Waals surface area (Å²) in [6.45, 7) is 9.93. The summed E-state index contributed by atoms with van der Waals surface area (Å²) < 4.78 is 6.10. The Kier molecular flexibility index (Phi) is 5.01. The molecule has 0 radical (unpaired) electrons. The zero-order valence-corrected chi connectivity index (χ0v) is 13.4. The highest BCUT2D eigenvalue weighted by atomic mass is 16.6. The molecule has 0 aromatic heterocycles. The van der Waals surface area contributed by atoms with Crippen molar-refractivity contribution in [3.8, 4) is 0 Å². The molecule has 1 aliphatic rings. The summed E-state index contributed by atoms with van der Waals surface area (Å²) in [5.41, 5.74) is 0.740. The summed E-state index contributed by atoms with van der Waals surface area (Å²) in [4.78, 5) is 12.8. The van der Waals surface area contributed by atoms with Crippen LogP contribution in [0.4, 0.5) is 4.79 Å². The van der Waals surface area contributed by atoms with Crippen LogP contribution < -0.4 is 5.32 Å². The maximum atomic E-state index is 12.8. The topological polar surface area (TPSA) is 38.3 Å². The average Bonchev–Trinajstić information content (AvgIpc) is 2.65. The molecule has 0 aliphatic carbocycles. The lowest BCUT2D eigenvalue weighted by Crippen LogP contribution is -2.55. The molecule has 0 spiro atoms. The number of hydrogen-bond donors (Lipinski definition) is 1. The number of nitrogens with one attached hydrogen (secondary N) is 1. The third-order valence-corrected chi connectivity index (χ3v) is 3.77. The standard InChI is InChI=1S/C17H27N2O2/c1-17(2,3)21-16(20)19(12-7-10-18-11-13-19)14-15-8-5-4-6-9-15/h4-6,8-9,18H,7,10-14H2,1-3H3/q+1. The molecule has 1 aromatic rings. The zero-order chi connectivity index (χ0) is 15.3. The van der Waals surface area contributed by atoms with Crippen molar-refractivity contribution >= 4 is 6.09 Å². The molecule has 1 heterocycles.